The average molecular weight is 281 g/mol. The van der Waals surface area contributed by atoms with Gasteiger partial charge in [0.1, 0.15) is 6.54 Å². The normalized spacial score (nSPS) is 14.2. The van der Waals surface area contributed by atoms with Crippen molar-refractivity contribution in [3.8, 4) is 0 Å². The van der Waals surface area contributed by atoms with Crippen molar-refractivity contribution in [3.05, 3.63) is 35.9 Å². The van der Waals surface area contributed by atoms with Gasteiger partial charge in [0.15, 0.2) is 11.4 Å². The molecule has 1 unspecified atom stereocenters. The van der Waals surface area contributed by atoms with Gasteiger partial charge in [-0.1, -0.05) is 50.1 Å². The summed E-state index contributed by atoms with van der Waals surface area (Å²) in [7, 11) is 5.99. The highest BCUT2D eigenvalue weighted by Gasteiger charge is 2.40. The van der Waals surface area contributed by atoms with Crippen molar-refractivity contribution in [2.75, 3.05) is 27.7 Å². The van der Waals surface area contributed by atoms with E-state index in [1.807, 2.05) is 39.3 Å². The topological polar surface area (TPSA) is 67.3 Å². The van der Waals surface area contributed by atoms with Gasteiger partial charge in [0, 0.05) is 5.56 Å². The number of rotatable bonds is 7. The minimum absolute atomic E-state index is 0. The fraction of sp³-hybridized carbons (Fsp3) is 0.562. The van der Waals surface area contributed by atoms with E-state index < -0.39 is 5.60 Å². The molecule has 0 spiro atoms. The van der Waals surface area contributed by atoms with Crippen LogP contribution in [0.25, 0.3) is 0 Å². The predicted molar refractivity (Wildman–Crippen MR) is 80.1 cm³/mol. The van der Waals surface area contributed by atoms with Crippen LogP contribution in [-0.4, -0.2) is 54.1 Å². The minimum atomic E-state index is -1.27. The zero-order valence-electron chi connectivity index (χ0n) is 13.0. The number of aliphatic hydroxyl groups is 1. The number of hydrogen-bond donors (Lipinski definition) is 1. The Kier molecular flexibility index (Phi) is 7.06. The molecular formula is C16H27NO3. The Morgan fingerprint density at radius 3 is 2.20 bits per heavy atom. The van der Waals surface area contributed by atoms with Gasteiger partial charge in [-0.25, -0.2) is 0 Å². The van der Waals surface area contributed by atoms with E-state index in [1.165, 1.54) is 0 Å². The Hall–Kier alpha value is -1.23. The summed E-state index contributed by atoms with van der Waals surface area (Å²) in [5.41, 5.74) is -0.676. The van der Waals surface area contributed by atoms with Crippen LogP contribution < -0.4 is 0 Å². The molecule has 0 saturated heterocycles. The second kappa shape index (κ2) is 7.53. The largest absolute Gasteiger partial charge is 0.870 e. The van der Waals surface area contributed by atoms with Gasteiger partial charge in [-0.05, 0) is 6.42 Å². The van der Waals surface area contributed by atoms with Crippen LogP contribution in [0.2, 0.25) is 0 Å². The zero-order valence-corrected chi connectivity index (χ0v) is 13.0. The molecule has 0 aliphatic carbocycles. The molecule has 0 saturated carbocycles. The molecule has 0 radical (unpaired) electrons. The summed E-state index contributed by atoms with van der Waals surface area (Å²) in [4.78, 5) is 12.6. The molecule has 4 heteroatoms. The standard InChI is InChI=1S/C16H26NO2.H2O/c1-5-6-12-16(19,13-17(2,3)4)15(18)14-10-8-7-9-11-14;/h7-11,19H,5-6,12-13H2,1-4H3;1H2/q+1;/p-1. The number of carbonyl (C=O) groups is 1. The lowest BCUT2D eigenvalue weighted by molar-refractivity contribution is -0.875. The molecule has 20 heavy (non-hydrogen) atoms. The summed E-state index contributed by atoms with van der Waals surface area (Å²) in [5.74, 6) is -0.158. The first-order valence-corrected chi connectivity index (χ1v) is 6.91. The van der Waals surface area contributed by atoms with Gasteiger partial charge in [0.25, 0.3) is 0 Å². The second-order valence-corrected chi connectivity index (χ2v) is 6.28. The van der Waals surface area contributed by atoms with Gasteiger partial charge in [0.05, 0.1) is 21.1 Å². The number of benzene rings is 1. The zero-order chi connectivity index (χ0) is 14.5. The van der Waals surface area contributed by atoms with Gasteiger partial charge in [-0.15, -0.1) is 0 Å². The van der Waals surface area contributed by atoms with Crippen LogP contribution in [0.5, 0.6) is 0 Å². The molecule has 0 aliphatic heterocycles. The third kappa shape index (κ3) is 5.41. The Balaban J connectivity index is 0.00000361. The molecule has 1 atom stereocenters. The Bertz CT molecular complexity index is 411. The van der Waals surface area contributed by atoms with Crippen LogP contribution in [-0.2, 0) is 0 Å². The van der Waals surface area contributed by atoms with Crippen molar-refractivity contribution in [1.82, 2.24) is 0 Å². The molecule has 4 nitrogen and oxygen atoms in total. The van der Waals surface area contributed by atoms with E-state index in [1.54, 1.807) is 12.1 Å². The van der Waals surface area contributed by atoms with Gasteiger partial charge >= 0.3 is 0 Å². The minimum Gasteiger partial charge on any atom is -0.870 e. The van der Waals surface area contributed by atoms with Crippen molar-refractivity contribution < 1.29 is 19.9 Å². The monoisotopic (exact) mass is 281 g/mol. The highest BCUT2D eigenvalue weighted by Crippen LogP contribution is 2.23. The van der Waals surface area contributed by atoms with Crippen LogP contribution in [0.1, 0.15) is 36.5 Å². The highest BCUT2D eigenvalue weighted by molar-refractivity contribution is 6.02. The quantitative estimate of drug-likeness (QED) is 0.616. The maximum atomic E-state index is 12.6. The highest BCUT2D eigenvalue weighted by atomic mass is 16.3. The van der Waals surface area contributed by atoms with E-state index in [0.29, 0.717) is 23.0 Å². The number of quaternary nitrogens is 1. The van der Waals surface area contributed by atoms with Crippen molar-refractivity contribution in [1.29, 1.82) is 0 Å². The fourth-order valence-electron chi connectivity index (χ4n) is 2.38. The molecule has 1 rings (SSSR count). The van der Waals surface area contributed by atoms with E-state index >= 15 is 0 Å². The molecule has 0 heterocycles. The number of carbonyl (C=O) groups excluding carboxylic acids is 1. The van der Waals surface area contributed by atoms with E-state index in [2.05, 4.69) is 6.92 Å². The van der Waals surface area contributed by atoms with E-state index in [9.17, 15) is 9.90 Å². The lowest BCUT2D eigenvalue weighted by Gasteiger charge is -2.34. The molecule has 1 aromatic carbocycles. The first-order chi connectivity index (χ1) is 8.78. The van der Waals surface area contributed by atoms with Crippen molar-refractivity contribution in [2.24, 2.45) is 0 Å². The Labute approximate surface area is 121 Å². The van der Waals surface area contributed by atoms with Crippen molar-refractivity contribution >= 4 is 5.78 Å². The SMILES string of the molecule is CCCCC(O)(C[N+](C)(C)C)C(=O)c1ccccc1.[OH-]. The Morgan fingerprint density at radius 1 is 1.20 bits per heavy atom. The third-order valence-corrected chi connectivity index (χ3v) is 3.14. The van der Waals surface area contributed by atoms with Crippen LogP contribution in [0.15, 0.2) is 30.3 Å². The molecule has 0 aliphatic rings. The lowest BCUT2D eigenvalue weighted by Crippen LogP contribution is -2.53. The Morgan fingerprint density at radius 2 is 1.75 bits per heavy atom. The molecule has 2 N–H and O–H groups in total. The molecule has 114 valence electrons. The molecular weight excluding hydrogens is 254 g/mol. The summed E-state index contributed by atoms with van der Waals surface area (Å²) >= 11 is 0. The third-order valence-electron chi connectivity index (χ3n) is 3.14. The van der Waals surface area contributed by atoms with Crippen LogP contribution >= 0.6 is 0 Å². The number of ketones is 1. The van der Waals surface area contributed by atoms with Gasteiger partial charge in [0.2, 0.25) is 0 Å². The van der Waals surface area contributed by atoms with Gasteiger partial charge in [-0.2, -0.15) is 0 Å². The fourth-order valence-corrected chi connectivity index (χ4v) is 2.38. The second-order valence-electron chi connectivity index (χ2n) is 6.28. The summed E-state index contributed by atoms with van der Waals surface area (Å²) in [6.07, 6.45) is 2.35. The number of unbranched alkanes of at least 4 members (excludes halogenated alkanes) is 1. The van der Waals surface area contributed by atoms with Gasteiger partial charge in [-0.3, -0.25) is 4.79 Å². The van der Waals surface area contributed by atoms with E-state index in [0.717, 1.165) is 12.8 Å². The molecule has 1 aromatic rings. The summed E-state index contributed by atoms with van der Waals surface area (Å²) in [6.45, 7) is 2.50. The lowest BCUT2D eigenvalue weighted by atomic mass is 9.87. The first kappa shape index (κ1) is 18.8. The van der Waals surface area contributed by atoms with Crippen LogP contribution in [0.4, 0.5) is 0 Å². The smallest absolute Gasteiger partial charge is 0.200 e. The number of Topliss-reactive ketones (excluding diaryl/α,β-unsaturated/α-hetero) is 1. The molecule has 0 bridgehead atoms. The molecule has 0 amide bonds. The number of likely N-dealkylation sites (N-methyl/N-ethyl adjacent to an activating group) is 1. The average Bonchev–Trinajstić information content (AvgIpc) is 2.34. The molecule has 0 aromatic heterocycles. The number of nitrogens with zero attached hydrogens (tertiary/aromatic N) is 1. The predicted octanol–water partition coefficient (Wildman–Crippen LogP) is 2.32. The van der Waals surface area contributed by atoms with Crippen LogP contribution in [0, 0.1) is 0 Å². The first-order valence-electron chi connectivity index (χ1n) is 6.91. The van der Waals surface area contributed by atoms with Gasteiger partial charge < -0.3 is 15.1 Å². The van der Waals surface area contributed by atoms with E-state index in [-0.39, 0.29) is 11.3 Å². The van der Waals surface area contributed by atoms with E-state index in [4.69, 9.17) is 0 Å². The van der Waals surface area contributed by atoms with Crippen molar-refractivity contribution in [2.45, 2.75) is 31.8 Å². The number of hydrogen-bond acceptors (Lipinski definition) is 3. The maximum absolute atomic E-state index is 12.6. The summed E-state index contributed by atoms with van der Waals surface area (Å²) in [6, 6.07) is 9.09. The summed E-state index contributed by atoms with van der Waals surface area (Å²) in [5, 5.41) is 10.8. The molecule has 0 fully saturated rings. The maximum Gasteiger partial charge on any atom is 0.200 e. The van der Waals surface area contributed by atoms with Crippen LogP contribution in [0.3, 0.4) is 0 Å². The summed E-state index contributed by atoms with van der Waals surface area (Å²) < 4.78 is 0.568. The van der Waals surface area contributed by atoms with Crippen molar-refractivity contribution in [3.63, 3.8) is 0 Å².